The number of halogens is 1. The van der Waals surface area contributed by atoms with Crippen LogP contribution in [0.3, 0.4) is 0 Å². The first-order chi connectivity index (χ1) is 14.5. The van der Waals surface area contributed by atoms with Crippen LogP contribution in [0.5, 0.6) is 0 Å². The van der Waals surface area contributed by atoms with Crippen molar-refractivity contribution >= 4 is 40.7 Å². The van der Waals surface area contributed by atoms with Crippen LogP contribution in [-0.4, -0.2) is 47.6 Å². The third kappa shape index (κ3) is 4.22. The van der Waals surface area contributed by atoms with Crippen molar-refractivity contribution in [1.82, 2.24) is 20.8 Å². The summed E-state index contributed by atoms with van der Waals surface area (Å²) in [5, 5.41) is 10.7. The molecule has 8 nitrogen and oxygen atoms in total. The first-order valence-electron chi connectivity index (χ1n) is 9.18. The highest BCUT2D eigenvalue weighted by Gasteiger charge is 2.32. The molecule has 154 valence electrons. The molecule has 1 aliphatic rings. The molecule has 1 fully saturated rings. The number of amides is 1. The van der Waals surface area contributed by atoms with Crippen molar-refractivity contribution in [3.05, 3.63) is 53.6 Å². The minimum absolute atomic E-state index is 0.303. The van der Waals surface area contributed by atoms with Crippen molar-refractivity contribution in [1.29, 1.82) is 0 Å². The van der Waals surface area contributed by atoms with Gasteiger partial charge in [-0.05, 0) is 30.4 Å². The molecule has 0 aliphatic carbocycles. The lowest BCUT2D eigenvalue weighted by molar-refractivity contribution is 0.143. The predicted octanol–water partition coefficient (Wildman–Crippen LogP) is 3.48. The van der Waals surface area contributed by atoms with E-state index in [1.54, 1.807) is 25.2 Å². The molecule has 1 amide bonds. The van der Waals surface area contributed by atoms with Crippen molar-refractivity contribution in [3.63, 3.8) is 0 Å². The summed E-state index contributed by atoms with van der Waals surface area (Å²) in [5.74, 6) is 0.778. The van der Waals surface area contributed by atoms with Crippen LogP contribution in [0.1, 0.15) is 0 Å². The van der Waals surface area contributed by atoms with E-state index in [9.17, 15) is 4.79 Å². The lowest BCUT2D eigenvalue weighted by Crippen LogP contribution is -2.39. The van der Waals surface area contributed by atoms with Gasteiger partial charge in [0.05, 0.1) is 23.7 Å². The maximum Gasteiger partial charge on any atom is 0.414 e. The molecule has 0 spiro atoms. The first-order valence-corrected chi connectivity index (χ1v) is 9.96. The van der Waals surface area contributed by atoms with Gasteiger partial charge in [-0.2, -0.15) is 4.98 Å². The Bertz CT molecular complexity index is 1080. The zero-order valence-corrected chi connectivity index (χ0v) is 17.5. The SMILES string of the molecule is CNC(=S)NCC1CN(c2ccc(-c3nc(-c4ccccc4)no3)c(Cl)c2)C(=O)O1. The number of thiocarbonyl (C=S) groups is 1. The number of aromatic nitrogens is 2. The van der Waals surface area contributed by atoms with Crippen LogP contribution in [-0.2, 0) is 4.74 Å². The molecule has 1 aromatic heterocycles. The van der Waals surface area contributed by atoms with E-state index in [0.717, 1.165) is 5.56 Å². The fourth-order valence-electron chi connectivity index (χ4n) is 3.02. The number of anilines is 1. The second kappa shape index (κ2) is 8.68. The van der Waals surface area contributed by atoms with Crippen molar-refractivity contribution < 1.29 is 14.1 Å². The Morgan fingerprint density at radius 3 is 2.83 bits per heavy atom. The number of cyclic esters (lactones) is 1. The van der Waals surface area contributed by atoms with Crippen LogP contribution in [0, 0.1) is 0 Å². The normalized spacial score (nSPS) is 15.7. The van der Waals surface area contributed by atoms with Crippen molar-refractivity contribution in [3.8, 4) is 22.8 Å². The molecule has 1 aliphatic heterocycles. The topological polar surface area (TPSA) is 92.5 Å². The Balaban J connectivity index is 1.49. The average Bonchev–Trinajstić information content (AvgIpc) is 3.39. The maximum absolute atomic E-state index is 12.3. The fraction of sp³-hybridized carbons (Fsp3) is 0.200. The molecule has 1 saturated heterocycles. The Morgan fingerprint density at radius 2 is 2.10 bits per heavy atom. The number of nitrogens with zero attached hydrogens (tertiary/aromatic N) is 3. The number of carbonyl (C=O) groups is 1. The van der Waals surface area contributed by atoms with Gasteiger partial charge >= 0.3 is 6.09 Å². The third-order valence-corrected chi connectivity index (χ3v) is 5.21. The molecule has 0 radical (unpaired) electrons. The molecule has 4 rings (SSSR count). The average molecular weight is 444 g/mol. The summed E-state index contributed by atoms with van der Waals surface area (Å²) >= 11 is 11.5. The number of hydrogen-bond donors (Lipinski definition) is 2. The summed E-state index contributed by atoms with van der Waals surface area (Å²) in [4.78, 5) is 18.2. The Labute approximate surface area is 183 Å². The van der Waals surface area contributed by atoms with E-state index < -0.39 is 6.09 Å². The predicted molar refractivity (Wildman–Crippen MR) is 117 cm³/mol. The van der Waals surface area contributed by atoms with Gasteiger partial charge in [0.2, 0.25) is 5.82 Å². The molecule has 0 saturated carbocycles. The second-order valence-corrected chi connectivity index (χ2v) is 7.35. The molecule has 30 heavy (non-hydrogen) atoms. The van der Waals surface area contributed by atoms with Crippen LogP contribution in [0.15, 0.2) is 53.1 Å². The van der Waals surface area contributed by atoms with E-state index in [1.165, 1.54) is 4.90 Å². The molecular formula is C20H18ClN5O3S. The van der Waals surface area contributed by atoms with E-state index in [-0.39, 0.29) is 6.10 Å². The highest BCUT2D eigenvalue weighted by molar-refractivity contribution is 7.80. The molecule has 3 aromatic rings. The smallest absolute Gasteiger partial charge is 0.414 e. The Hall–Kier alpha value is -3.17. The van der Waals surface area contributed by atoms with E-state index in [1.807, 2.05) is 30.3 Å². The Morgan fingerprint density at radius 1 is 1.30 bits per heavy atom. The minimum atomic E-state index is -0.440. The van der Waals surface area contributed by atoms with Crippen LogP contribution in [0.4, 0.5) is 10.5 Å². The summed E-state index contributed by atoms with van der Waals surface area (Å²) in [7, 11) is 1.72. The summed E-state index contributed by atoms with van der Waals surface area (Å²) < 4.78 is 10.8. The summed E-state index contributed by atoms with van der Waals surface area (Å²) in [5.41, 5.74) is 2.05. The van der Waals surface area contributed by atoms with Crippen molar-refractivity contribution in [2.24, 2.45) is 0 Å². The lowest BCUT2D eigenvalue weighted by Gasteiger charge is -2.14. The van der Waals surface area contributed by atoms with Crippen LogP contribution in [0.25, 0.3) is 22.8 Å². The number of ether oxygens (including phenoxy) is 1. The van der Waals surface area contributed by atoms with Gasteiger partial charge in [-0.3, -0.25) is 4.90 Å². The maximum atomic E-state index is 12.3. The number of carbonyl (C=O) groups excluding carboxylic acids is 1. The minimum Gasteiger partial charge on any atom is -0.442 e. The molecule has 2 heterocycles. The van der Waals surface area contributed by atoms with Gasteiger partial charge in [-0.25, -0.2) is 4.79 Å². The molecular weight excluding hydrogens is 426 g/mol. The molecule has 1 unspecified atom stereocenters. The van der Waals surface area contributed by atoms with Gasteiger partial charge in [0, 0.05) is 18.3 Å². The van der Waals surface area contributed by atoms with E-state index in [0.29, 0.717) is 46.2 Å². The van der Waals surface area contributed by atoms with Gasteiger partial charge in [0.1, 0.15) is 6.10 Å². The van der Waals surface area contributed by atoms with Gasteiger partial charge in [0.15, 0.2) is 5.11 Å². The van der Waals surface area contributed by atoms with Crippen LogP contribution in [0.2, 0.25) is 5.02 Å². The van der Waals surface area contributed by atoms with Gasteiger partial charge in [0.25, 0.3) is 5.89 Å². The fourth-order valence-corrected chi connectivity index (χ4v) is 3.36. The number of rotatable bonds is 5. The van der Waals surface area contributed by atoms with Crippen LogP contribution < -0.4 is 15.5 Å². The van der Waals surface area contributed by atoms with Gasteiger partial charge in [-0.1, -0.05) is 47.1 Å². The van der Waals surface area contributed by atoms with E-state index in [2.05, 4.69) is 20.8 Å². The first kappa shape index (κ1) is 20.1. The summed E-state index contributed by atoms with van der Waals surface area (Å²) in [6, 6.07) is 14.7. The number of nitrogens with one attached hydrogen (secondary N) is 2. The second-order valence-electron chi connectivity index (χ2n) is 6.53. The van der Waals surface area contributed by atoms with Crippen LogP contribution >= 0.6 is 23.8 Å². The third-order valence-electron chi connectivity index (χ3n) is 4.54. The standard InChI is InChI=1S/C20H18ClN5O3S/c1-22-19(30)23-10-14-11-26(20(27)28-14)13-7-8-15(16(21)9-13)18-24-17(25-29-18)12-5-3-2-4-6-12/h2-9,14H,10-11H2,1H3,(H2,22,23,30). The molecule has 0 bridgehead atoms. The monoisotopic (exact) mass is 443 g/mol. The number of benzene rings is 2. The molecule has 1 atom stereocenters. The summed E-state index contributed by atoms with van der Waals surface area (Å²) in [6.45, 7) is 0.796. The van der Waals surface area contributed by atoms with Gasteiger partial charge in [-0.15, -0.1) is 0 Å². The largest absolute Gasteiger partial charge is 0.442 e. The Kier molecular flexibility index (Phi) is 5.82. The van der Waals surface area contributed by atoms with E-state index in [4.69, 9.17) is 33.1 Å². The van der Waals surface area contributed by atoms with Gasteiger partial charge < -0.3 is 19.9 Å². The quantitative estimate of drug-likeness (QED) is 0.579. The molecule has 2 aromatic carbocycles. The zero-order chi connectivity index (χ0) is 21.1. The highest BCUT2D eigenvalue weighted by atomic mass is 35.5. The molecule has 10 heteroatoms. The highest BCUT2D eigenvalue weighted by Crippen LogP contribution is 2.33. The molecule has 2 N–H and O–H groups in total. The van der Waals surface area contributed by atoms with Crippen molar-refractivity contribution in [2.45, 2.75) is 6.10 Å². The van der Waals surface area contributed by atoms with E-state index >= 15 is 0 Å². The zero-order valence-electron chi connectivity index (χ0n) is 16.0. The van der Waals surface area contributed by atoms with Crippen molar-refractivity contribution in [2.75, 3.05) is 25.0 Å². The number of hydrogen-bond acceptors (Lipinski definition) is 6. The lowest BCUT2D eigenvalue weighted by atomic mass is 10.2. The summed E-state index contributed by atoms with van der Waals surface area (Å²) in [6.07, 6.45) is -0.767.